The summed E-state index contributed by atoms with van der Waals surface area (Å²) in [5, 5.41) is 0. The van der Waals surface area contributed by atoms with E-state index in [0.717, 1.165) is 24.8 Å². The van der Waals surface area contributed by atoms with Crippen LogP contribution < -0.4 is 0 Å². The molecule has 19 heavy (non-hydrogen) atoms. The zero-order valence-corrected chi connectivity index (χ0v) is 12.4. The van der Waals surface area contributed by atoms with E-state index in [4.69, 9.17) is 0 Å². The van der Waals surface area contributed by atoms with Crippen LogP contribution in [0.3, 0.4) is 0 Å². The van der Waals surface area contributed by atoms with E-state index in [1.807, 2.05) is 25.1 Å². The summed E-state index contributed by atoms with van der Waals surface area (Å²) in [6.07, 6.45) is 3.85. The quantitative estimate of drug-likeness (QED) is 0.794. The number of benzene rings is 1. The third-order valence-electron chi connectivity index (χ3n) is 3.71. The molecule has 1 aromatic carbocycles. The standard InChI is InChI=1S/C15H21NO2S/c1-12(2)15-10-9-14(16(15)19(3,17)18)11-13-7-5-4-6-8-13/h4-8,14-15H,1,9-11H2,2-3H3. The Bertz CT molecular complexity index is 551. The van der Waals surface area contributed by atoms with Crippen LogP contribution in [0.15, 0.2) is 42.5 Å². The third-order valence-corrected chi connectivity index (χ3v) is 5.02. The van der Waals surface area contributed by atoms with Crippen LogP contribution in [0.2, 0.25) is 0 Å². The van der Waals surface area contributed by atoms with Crippen molar-refractivity contribution in [3.05, 3.63) is 48.0 Å². The summed E-state index contributed by atoms with van der Waals surface area (Å²) in [4.78, 5) is 0. The van der Waals surface area contributed by atoms with Gasteiger partial charge in [-0.2, -0.15) is 4.31 Å². The molecule has 1 aliphatic rings. The Balaban J connectivity index is 2.23. The Morgan fingerprint density at radius 1 is 1.32 bits per heavy atom. The average molecular weight is 279 g/mol. The van der Waals surface area contributed by atoms with E-state index >= 15 is 0 Å². The Labute approximate surface area is 116 Å². The van der Waals surface area contributed by atoms with E-state index < -0.39 is 10.0 Å². The predicted molar refractivity (Wildman–Crippen MR) is 78.5 cm³/mol. The van der Waals surface area contributed by atoms with Crippen molar-refractivity contribution < 1.29 is 8.42 Å². The zero-order chi connectivity index (χ0) is 14.0. The van der Waals surface area contributed by atoms with Gasteiger partial charge in [-0.1, -0.05) is 42.5 Å². The number of sulfonamides is 1. The van der Waals surface area contributed by atoms with Crippen molar-refractivity contribution in [2.24, 2.45) is 0 Å². The van der Waals surface area contributed by atoms with E-state index in [2.05, 4.69) is 18.7 Å². The fourth-order valence-corrected chi connectivity index (χ4v) is 4.37. The molecule has 2 unspecified atom stereocenters. The van der Waals surface area contributed by atoms with Gasteiger partial charge in [-0.15, -0.1) is 0 Å². The van der Waals surface area contributed by atoms with Crippen LogP contribution >= 0.6 is 0 Å². The largest absolute Gasteiger partial charge is 0.212 e. The molecule has 2 atom stereocenters. The van der Waals surface area contributed by atoms with Gasteiger partial charge in [0.2, 0.25) is 10.0 Å². The molecular weight excluding hydrogens is 258 g/mol. The van der Waals surface area contributed by atoms with Crippen molar-refractivity contribution in [2.45, 2.75) is 38.3 Å². The highest BCUT2D eigenvalue weighted by atomic mass is 32.2. The molecular formula is C15H21NO2S. The minimum atomic E-state index is -3.19. The van der Waals surface area contributed by atoms with Crippen molar-refractivity contribution >= 4 is 10.0 Å². The summed E-state index contributed by atoms with van der Waals surface area (Å²) in [7, 11) is -3.19. The lowest BCUT2D eigenvalue weighted by Crippen LogP contribution is -2.41. The van der Waals surface area contributed by atoms with Crippen molar-refractivity contribution in [3.63, 3.8) is 0 Å². The Morgan fingerprint density at radius 2 is 1.95 bits per heavy atom. The molecule has 1 saturated heterocycles. The minimum absolute atomic E-state index is 0.0382. The lowest BCUT2D eigenvalue weighted by molar-refractivity contribution is 0.346. The fourth-order valence-electron chi connectivity index (χ4n) is 2.90. The predicted octanol–water partition coefficient (Wildman–Crippen LogP) is 2.60. The van der Waals surface area contributed by atoms with Crippen LogP contribution in [0.1, 0.15) is 25.3 Å². The molecule has 0 amide bonds. The number of rotatable bonds is 4. The molecule has 0 aromatic heterocycles. The van der Waals surface area contributed by atoms with Crippen molar-refractivity contribution in [1.29, 1.82) is 0 Å². The first-order valence-electron chi connectivity index (χ1n) is 6.57. The average Bonchev–Trinajstić information content (AvgIpc) is 2.74. The molecule has 2 rings (SSSR count). The molecule has 0 N–H and O–H groups in total. The highest BCUT2D eigenvalue weighted by Gasteiger charge is 2.39. The Kier molecular flexibility index (Phi) is 4.11. The topological polar surface area (TPSA) is 37.4 Å². The van der Waals surface area contributed by atoms with Crippen LogP contribution in [-0.2, 0) is 16.4 Å². The summed E-state index contributed by atoms with van der Waals surface area (Å²) in [5.41, 5.74) is 2.12. The van der Waals surface area contributed by atoms with Gasteiger partial charge in [0, 0.05) is 12.1 Å². The van der Waals surface area contributed by atoms with Crippen molar-refractivity contribution in [2.75, 3.05) is 6.26 Å². The van der Waals surface area contributed by atoms with Crippen molar-refractivity contribution in [1.82, 2.24) is 4.31 Å². The minimum Gasteiger partial charge on any atom is -0.212 e. The molecule has 104 valence electrons. The van der Waals surface area contributed by atoms with Gasteiger partial charge < -0.3 is 0 Å². The van der Waals surface area contributed by atoms with E-state index in [1.165, 1.54) is 11.8 Å². The second-order valence-electron chi connectivity index (χ2n) is 5.38. The highest BCUT2D eigenvalue weighted by molar-refractivity contribution is 7.88. The smallest absolute Gasteiger partial charge is 0.212 e. The van der Waals surface area contributed by atoms with Gasteiger partial charge in [0.1, 0.15) is 0 Å². The number of nitrogens with zero attached hydrogens (tertiary/aromatic N) is 1. The molecule has 1 fully saturated rings. The molecule has 0 spiro atoms. The zero-order valence-electron chi connectivity index (χ0n) is 11.5. The van der Waals surface area contributed by atoms with Crippen LogP contribution in [0.4, 0.5) is 0 Å². The summed E-state index contributed by atoms with van der Waals surface area (Å²) in [6, 6.07) is 10.1. The molecule has 1 aromatic rings. The first-order valence-corrected chi connectivity index (χ1v) is 8.42. The van der Waals surface area contributed by atoms with Gasteiger partial charge in [-0.3, -0.25) is 0 Å². The third kappa shape index (κ3) is 3.25. The van der Waals surface area contributed by atoms with Gasteiger partial charge in [-0.05, 0) is 31.7 Å². The van der Waals surface area contributed by atoms with Gasteiger partial charge >= 0.3 is 0 Å². The number of hydrogen-bond donors (Lipinski definition) is 0. The Hall–Kier alpha value is -1.13. The van der Waals surface area contributed by atoms with Gasteiger partial charge in [-0.25, -0.2) is 8.42 Å². The SMILES string of the molecule is C=C(C)C1CCC(Cc2ccccc2)N1S(C)(=O)=O. The summed E-state index contributed by atoms with van der Waals surface area (Å²) < 4.78 is 25.7. The molecule has 1 heterocycles. The lowest BCUT2D eigenvalue weighted by Gasteiger charge is -2.28. The normalized spacial score (nSPS) is 24.5. The van der Waals surface area contributed by atoms with Crippen LogP contribution in [0.5, 0.6) is 0 Å². The van der Waals surface area contributed by atoms with E-state index in [-0.39, 0.29) is 12.1 Å². The van der Waals surface area contributed by atoms with E-state index in [9.17, 15) is 8.42 Å². The fraction of sp³-hybridized carbons (Fsp3) is 0.467. The maximum atomic E-state index is 12.0. The summed E-state index contributed by atoms with van der Waals surface area (Å²) >= 11 is 0. The van der Waals surface area contributed by atoms with Crippen LogP contribution in [-0.4, -0.2) is 31.1 Å². The molecule has 1 aliphatic heterocycles. The molecule has 0 bridgehead atoms. The van der Waals surface area contributed by atoms with Gasteiger partial charge in [0.25, 0.3) is 0 Å². The second-order valence-corrected chi connectivity index (χ2v) is 7.26. The molecule has 0 saturated carbocycles. The van der Waals surface area contributed by atoms with Crippen LogP contribution in [0, 0.1) is 0 Å². The first-order chi connectivity index (χ1) is 8.89. The van der Waals surface area contributed by atoms with E-state index in [1.54, 1.807) is 4.31 Å². The second kappa shape index (κ2) is 5.47. The summed E-state index contributed by atoms with van der Waals surface area (Å²) in [6.45, 7) is 5.85. The Morgan fingerprint density at radius 3 is 2.47 bits per heavy atom. The lowest BCUT2D eigenvalue weighted by atomic mass is 10.0. The van der Waals surface area contributed by atoms with Gasteiger partial charge in [0.15, 0.2) is 0 Å². The van der Waals surface area contributed by atoms with Crippen molar-refractivity contribution in [3.8, 4) is 0 Å². The van der Waals surface area contributed by atoms with E-state index in [0.29, 0.717) is 0 Å². The number of hydrogen-bond acceptors (Lipinski definition) is 2. The molecule has 0 aliphatic carbocycles. The maximum Gasteiger partial charge on any atom is 0.212 e. The maximum absolute atomic E-state index is 12.0. The molecule has 4 heteroatoms. The van der Waals surface area contributed by atoms with Gasteiger partial charge in [0.05, 0.1) is 6.26 Å². The summed E-state index contributed by atoms with van der Waals surface area (Å²) in [5.74, 6) is 0. The molecule has 3 nitrogen and oxygen atoms in total. The first kappa shape index (κ1) is 14.3. The molecule has 0 radical (unpaired) electrons. The monoisotopic (exact) mass is 279 g/mol. The highest BCUT2D eigenvalue weighted by Crippen LogP contribution is 2.32. The van der Waals surface area contributed by atoms with Crippen LogP contribution in [0.25, 0.3) is 0 Å².